The zero-order valence-electron chi connectivity index (χ0n) is 28.9. The number of aromatic nitrogens is 3. The molecule has 7 aromatic rings. The molecule has 1 atom stereocenters. The van der Waals surface area contributed by atoms with E-state index in [-0.39, 0.29) is 5.92 Å². The number of fused-ring (bicyclic) bond motifs is 1. The molecule has 2 aromatic heterocycles. The van der Waals surface area contributed by atoms with Crippen molar-refractivity contribution in [2.75, 3.05) is 0 Å². The third-order valence-corrected chi connectivity index (χ3v) is 10.2. The predicted molar refractivity (Wildman–Crippen MR) is 216 cm³/mol. The van der Waals surface area contributed by atoms with Gasteiger partial charge in [0.15, 0.2) is 0 Å². The van der Waals surface area contributed by atoms with Crippen LogP contribution >= 0.6 is 0 Å². The summed E-state index contributed by atoms with van der Waals surface area (Å²) in [5, 5.41) is 2.45. The van der Waals surface area contributed by atoms with Crippen LogP contribution in [0.4, 0.5) is 0 Å². The monoisotopic (exact) mass is 667 g/mol. The van der Waals surface area contributed by atoms with Gasteiger partial charge >= 0.3 is 0 Å². The molecule has 2 aliphatic carbocycles. The molecule has 9 rings (SSSR count). The van der Waals surface area contributed by atoms with Crippen LogP contribution in [-0.2, 0) is 0 Å². The van der Waals surface area contributed by atoms with Gasteiger partial charge in [0, 0.05) is 29.4 Å². The third-order valence-electron chi connectivity index (χ3n) is 10.2. The summed E-state index contributed by atoms with van der Waals surface area (Å²) in [6, 6.07) is 47.4. The molecule has 248 valence electrons. The van der Waals surface area contributed by atoms with E-state index in [9.17, 15) is 0 Å². The number of rotatable bonds is 7. The van der Waals surface area contributed by atoms with Crippen molar-refractivity contribution in [3.63, 3.8) is 0 Å². The molecule has 0 bridgehead atoms. The van der Waals surface area contributed by atoms with Crippen LogP contribution in [0.15, 0.2) is 182 Å². The summed E-state index contributed by atoms with van der Waals surface area (Å²) in [6.07, 6.45) is 20.2. The second-order valence-electron chi connectivity index (χ2n) is 13.5. The first-order valence-corrected chi connectivity index (χ1v) is 18.1. The molecule has 1 unspecified atom stereocenters. The summed E-state index contributed by atoms with van der Waals surface area (Å²) >= 11 is 0. The smallest absolute Gasteiger partial charge is 0.136 e. The zero-order chi connectivity index (χ0) is 34.7. The van der Waals surface area contributed by atoms with E-state index in [0.29, 0.717) is 0 Å². The maximum absolute atomic E-state index is 5.21. The van der Waals surface area contributed by atoms with Crippen LogP contribution in [0, 0.1) is 0 Å². The largest absolute Gasteiger partial charge is 0.264 e. The van der Waals surface area contributed by atoms with Crippen molar-refractivity contribution in [2.45, 2.75) is 25.2 Å². The van der Waals surface area contributed by atoms with E-state index < -0.39 is 0 Å². The fraction of sp³-hybridized carbons (Fsp3) is 0.0816. The van der Waals surface area contributed by atoms with E-state index in [2.05, 4.69) is 175 Å². The Kier molecular flexibility index (Phi) is 8.52. The second kappa shape index (κ2) is 14.0. The van der Waals surface area contributed by atoms with Gasteiger partial charge in [0.25, 0.3) is 0 Å². The van der Waals surface area contributed by atoms with Crippen molar-refractivity contribution in [2.24, 2.45) is 0 Å². The molecule has 3 heteroatoms. The van der Waals surface area contributed by atoms with E-state index in [4.69, 9.17) is 9.97 Å². The second-order valence-corrected chi connectivity index (χ2v) is 13.5. The molecular formula is C49H37N3. The maximum atomic E-state index is 5.21. The van der Waals surface area contributed by atoms with Gasteiger partial charge in [0.2, 0.25) is 0 Å². The Bertz CT molecular complexity index is 2520. The van der Waals surface area contributed by atoms with Crippen molar-refractivity contribution in [3.8, 4) is 44.6 Å². The highest BCUT2D eigenvalue weighted by Gasteiger charge is 2.20. The minimum Gasteiger partial charge on any atom is -0.264 e. The maximum Gasteiger partial charge on any atom is 0.136 e. The van der Waals surface area contributed by atoms with E-state index in [0.717, 1.165) is 47.6 Å². The molecule has 0 spiro atoms. The number of hydrogen-bond acceptors (Lipinski definition) is 3. The van der Waals surface area contributed by atoms with Gasteiger partial charge in [-0.05, 0) is 86.7 Å². The van der Waals surface area contributed by atoms with Crippen LogP contribution in [-0.4, -0.2) is 15.0 Å². The third kappa shape index (κ3) is 6.22. The molecule has 0 aliphatic heterocycles. The molecule has 5 aromatic carbocycles. The van der Waals surface area contributed by atoms with Gasteiger partial charge in [0.05, 0.1) is 11.4 Å². The van der Waals surface area contributed by atoms with Crippen LogP contribution in [0.5, 0.6) is 0 Å². The zero-order valence-corrected chi connectivity index (χ0v) is 28.9. The van der Waals surface area contributed by atoms with Crippen LogP contribution in [0.25, 0.3) is 66.6 Å². The summed E-state index contributed by atoms with van der Waals surface area (Å²) in [6.45, 7) is 0. The quantitative estimate of drug-likeness (QED) is 0.170. The number of benzene rings is 5. The van der Waals surface area contributed by atoms with Crippen LogP contribution in [0.1, 0.15) is 42.3 Å². The molecule has 0 saturated heterocycles. The number of pyridine rings is 1. The molecule has 0 saturated carbocycles. The molecule has 0 N–H and O–H groups in total. The minimum absolute atomic E-state index is 0.0835. The van der Waals surface area contributed by atoms with E-state index >= 15 is 0 Å². The first-order valence-electron chi connectivity index (χ1n) is 18.1. The van der Waals surface area contributed by atoms with Gasteiger partial charge in [-0.15, -0.1) is 0 Å². The lowest BCUT2D eigenvalue weighted by Gasteiger charge is -2.20. The fourth-order valence-electron chi connectivity index (χ4n) is 7.50. The lowest BCUT2D eigenvalue weighted by Crippen LogP contribution is -2.08. The summed E-state index contributed by atoms with van der Waals surface area (Å²) in [4.78, 5) is 14.9. The van der Waals surface area contributed by atoms with Crippen molar-refractivity contribution < 1.29 is 0 Å². The molecule has 0 fully saturated rings. The van der Waals surface area contributed by atoms with Crippen molar-refractivity contribution in [1.29, 1.82) is 0 Å². The van der Waals surface area contributed by atoms with E-state index in [1.54, 1.807) is 0 Å². The van der Waals surface area contributed by atoms with Crippen LogP contribution in [0.3, 0.4) is 0 Å². The van der Waals surface area contributed by atoms with Crippen LogP contribution < -0.4 is 0 Å². The predicted octanol–water partition coefficient (Wildman–Crippen LogP) is 12.6. The Morgan fingerprint density at radius 2 is 1.23 bits per heavy atom. The van der Waals surface area contributed by atoms with Gasteiger partial charge in [-0.3, -0.25) is 4.98 Å². The van der Waals surface area contributed by atoms with Crippen molar-refractivity contribution in [3.05, 3.63) is 199 Å². The lowest BCUT2D eigenvalue weighted by atomic mass is 9.87. The first kappa shape index (κ1) is 31.5. The highest BCUT2D eigenvalue weighted by Crippen LogP contribution is 2.40. The van der Waals surface area contributed by atoms with Gasteiger partial charge in [-0.25, -0.2) is 9.97 Å². The topological polar surface area (TPSA) is 38.7 Å². The molecule has 0 radical (unpaired) electrons. The highest BCUT2D eigenvalue weighted by atomic mass is 14.9. The van der Waals surface area contributed by atoms with Crippen LogP contribution in [0.2, 0.25) is 0 Å². The Hall–Kier alpha value is -6.45. The number of nitrogens with zero attached hydrogens (tertiary/aromatic N) is 3. The normalized spacial score (nSPS) is 15.3. The summed E-state index contributed by atoms with van der Waals surface area (Å²) in [5.74, 6) is 0.951. The Balaban J connectivity index is 1.05. The molecule has 52 heavy (non-hydrogen) atoms. The van der Waals surface area contributed by atoms with Crippen molar-refractivity contribution in [1.82, 2.24) is 15.0 Å². The molecular weight excluding hydrogens is 631 g/mol. The molecule has 0 amide bonds. The average Bonchev–Trinajstić information content (AvgIpc) is 3.24. The Labute approximate surface area is 305 Å². The highest BCUT2D eigenvalue weighted by molar-refractivity contribution is 6.05. The van der Waals surface area contributed by atoms with Gasteiger partial charge in [0.1, 0.15) is 5.82 Å². The van der Waals surface area contributed by atoms with Gasteiger partial charge < -0.3 is 0 Å². The minimum atomic E-state index is 0.0835. The van der Waals surface area contributed by atoms with E-state index in [1.807, 2.05) is 12.4 Å². The first-order chi connectivity index (χ1) is 25.8. The molecule has 2 aliphatic rings. The van der Waals surface area contributed by atoms with Gasteiger partial charge in [-0.1, -0.05) is 158 Å². The average molecular weight is 668 g/mol. The lowest BCUT2D eigenvalue weighted by molar-refractivity contribution is 0.771. The number of allylic oxidation sites excluding steroid dienone is 8. The Morgan fingerprint density at radius 3 is 1.96 bits per heavy atom. The van der Waals surface area contributed by atoms with E-state index in [1.165, 1.54) is 55.3 Å². The summed E-state index contributed by atoms with van der Waals surface area (Å²) in [7, 11) is 0. The Morgan fingerprint density at radius 1 is 0.558 bits per heavy atom. The standard InChI is InChI=1S/C49H37N3/c1-4-12-34(13-5-1)35-20-24-39(25-21-35)48-32-47(38-16-8-3-9-17-38)51-49(52-48)40-26-22-37(23-27-40)41-28-29-45(44-19-11-10-18-43(41)44)46-33-50-31-30-42(46)36-14-6-2-7-15-36/h1-8,10-16,18-26,28-33,40H,9,17,27H2. The number of hydrogen-bond donors (Lipinski definition) is 0. The summed E-state index contributed by atoms with van der Waals surface area (Å²) < 4.78 is 0. The van der Waals surface area contributed by atoms with Crippen molar-refractivity contribution >= 4 is 21.9 Å². The SMILES string of the molecule is C1=CCCC(c2cc(-c3ccc(-c4ccccc4)cc3)nc(C3C=CC(c4ccc(-c5cnccc5-c5ccccc5)c5ccccc45)=CC3)n2)=C1. The fourth-order valence-corrected chi connectivity index (χ4v) is 7.50. The molecule has 2 heterocycles. The summed E-state index contributed by atoms with van der Waals surface area (Å²) in [5.41, 5.74) is 13.9. The van der Waals surface area contributed by atoms with Gasteiger partial charge in [-0.2, -0.15) is 0 Å². The molecule has 3 nitrogen and oxygen atoms in total.